The minimum absolute atomic E-state index is 0. The maximum absolute atomic E-state index is 8.81. The van der Waals surface area contributed by atoms with E-state index in [4.69, 9.17) is 4.79 Å². The van der Waals surface area contributed by atoms with Gasteiger partial charge in [0.2, 0.25) is 0 Å². The van der Waals surface area contributed by atoms with Crippen molar-refractivity contribution in [1.29, 1.82) is 0 Å². The number of halogens is 1. The molecule has 0 aromatic heterocycles. The first-order valence-corrected chi connectivity index (χ1v) is 0.813. The minimum atomic E-state index is 0. The Morgan fingerprint density at radius 3 is 1.60 bits per heavy atom. The fraction of sp³-hybridized carbons (Fsp3) is 0.500. The van der Waals surface area contributed by atoms with Crippen LogP contribution >= 0.6 is 12.4 Å². The molecule has 0 atom stereocenters. The topological polar surface area (TPSA) is 17.1 Å². The van der Waals surface area contributed by atoms with Crippen molar-refractivity contribution in [3.63, 3.8) is 0 Å². The molecule has 0 N–H and O–H groups in total. The van der Waals surface area contributed by atoms with E-state index in [0.29, 0.717) is 0 Å². The number of rotatable bonds is 0. The summed E-state index contributed by atoms with van der Waals surface area (Å²) in [5.74, 6) is 0. The van der Waals surface area contributed by atoms with Crippen LogP contribution in [0.2, 0.25) is 0 Å². The zero-order chi connectivity index (χ0) is 2.71. The molecule has 0 aromatic rings. The van der Waals surface area contributed by atoms with E-state index >= 15 is 0 Å². The quantitative estimate of drug-likeness (QED) is 0.312. The Kier molecular flexibility index (Phi) is 67.8. The predicted molar refractivity (Wildman–Crippen MR) is 26.1 cm³/mol. The van der Waals surface area contributed by atoms with Crippen LogP contribution in [0, 0.1) is 0 Å². The molecule has 0 radical (unpaired) electrons. The summed E-state index contributed by atoms with van der Waals surface area (Å²) >= 11 is 0. The molecule has 0 aliphatic rings. The Labute approximate surface area is 59.8 Å². The molecule has 0 rings (SSSR count). The first kappa shape index (κ1) is 16.7. The molecule has 0 aliphatic heterocycles. The second-order valence-corrected chi connectivity index (χ2v) is 0.236. The van der Waals surface area contributed by atoms with Gasteiger partial charge in [0.25, 0.3) is 0 Å². The second kappa shape index (κ2) is 20.2. The van der Waals surface area contributed by atoms with E-state index in [-0.39, 0.29) is 42.0 Å². The van der Waals surface area contributed by atoms with E-state index in [9.17, 15) is 0 Å². The first-order valence-electron chi connectivity index (χ1n) is 0.813. The Hall–Kier alpha value is 0.960. The van der Waals surface area contributed by atoms with Gasteiger partial charge in [0.1, 0.15) is 6.29 Å². The summed E-state index contributed by atoms with van der Waals surface area (Å²) in [4.78, 5) is 8.81. The summed E-state index contributed by atoms with van der Waals surface area (Å²) in [6, 6.07) is 0. The van der Waals surface area contributed by atoms with Gasteiger partial charge in [-0.05, 0) is 6.92 Å². The van der Waals surface area contributed by atoms with Crippen LogP contribution in [0.5, 0.6) is 0 Å². The van der Waals surface area contributed by atoms with Crippen LogP contribution < -0.4 is 0 Å². The standard InChI is InChI=1S/C2H4O.ClH.Na.H/c1-2-3;;;/h2H,1H3;1H;;. The molecular formula is C2H6ClNaO. The van der Waals surface area contributed by atoms with Gasteiger partial charge in [-0.25, -0.2) is 0 Å². The third-order valence-corrected chi connectivity index (χ3v) is 0. The van der Waals surface area contributed by atoms with Gasteiger partial charge < -0.3 is 4.79 Å². The van der Waals surface area contributed by atoms with Crippen LogP contribution in [0.15, 0.2) is 0 Å². The fourth-order valence-electron chi connectivity index (χ4n) is 0. The summed E-state index contributed by atoms with van der Waals surface area (Å²) in [6.07, 6.45) is 0.750. The average molecular weight is 105 g/mol. The molecule has 5 heavy (non-hydrogen) atoms. The molecule has 0 bridgehead atoms. The van der Waals surface area contributed by atoms with Gasteiger partial charge in [0, 0.05) is 0 Å². The Morgan fingerprint density at radius 1 is 1.60 bits per heavy atom. The van der Waals surface area contributed by atoms with Crippen molar-refractivity contribution in [2.45, 2.75) is 6.92 Å². The maximum atomic E-state index is 8.81. The van der Waals surface area contributed by atoms with Crippen molar-refractivity contribution >= 4 is 48.3 Å². The van der Waals surface area contributed by atoms with E-state index in [2.05, 4.69) is 0 Å². The van der Waals surface area contributed by atoms with E-state index in [1.54, 1.807) is 0 Å². The van der Waals surface area contributed by atoms with Crippen LogP contribution in [-0.4, -0.2) is 35.8 Å². The summed E-state index contributed by atoms with van der Waals surface area (Å²) in [7, 11) is 0. The van der Waals surface area contributed by atoms with Crippen molar-refractivity contribution in [1.82, 2.24) is 0 Å². The number of carbonyl (C=O) groups excluding carboxylic acids is 1. The van der Waals surface area contributed by atoms with Crippen LogP contribution in [0.25, 0.3) is 0 Å². The van der Waals surface area contributed by atoms with Crippen LogP contribution in [0.3, 0.4) is 0 Å². The summed E-state index contributed by atoms with van der Waals surface area (Å²) in [6.45, 7) is 1.44. The molecule has 0 amide bonds. The fourth-order valence-corrected chi connectivity index (χ4v) is 0. The molecule has 0 aromatic carbocycles. The van der Waals surface area contributed by atoms with E-state index in [0.717, 1.165) is 6.29 Å². The summed E-state index contributed by atoms with van der Waals surface area (Å²) in [5, 5.41) is 0. The molecule has 3 heteroatoms. The van der Waals surface area contributed by atoms with Crippen molar-refractivity contribution in [3.8, 4) is 0 Å². The van der Waals surface area contributed by atoms with Crippen molar-refractivity contribution in [2.24, 2.45) is 0 Å². The van der Waals surface area contributed by atoms with Gasteiger partial charge in [-0.3, -0.25) is 0 Å². The first-order chi connectivity index (χ1) is 1.41. The van der Waals surface area contributed by atoms with Crippen LogP contribution in [0.1, 0.15) is 6.92 Å². The molecule has 0 spiro atoms. The number of aldehydes is 1. The Balaban J connectivity index is -0.0000000200. The average Bonchev–Trinajstić information content (AvgIpc) is 0.918. The van der Waals surface area contributed by atoms with Gasteiger partial charge in [0.05, 0.1) is 0 Å². The molecule has 0 aliphatic carbocycles. The third kappa shape index (κ3) is 47.2. The van der Waals surface area contributed by atoms with Crippen LogP contribution in [-0.2, 0) is 4.79 Å². The monoisotopic (exact) mass is 104 g/mol. The third-order valence-electron chi connectivity index (χ3n) is 0. The van der Waals surface area contributed by atoms with Crippen molar-refractivity contribution in [2.75, 3.05) is 0 Å². The Bertz CT molecular complexity index is 17.1. The normalized spacial score (nSPS) is 2.60. The summed E-state index contributed by atoms with van der Waals surface area (Å²) < 4.78 is 0. The van der Waals surface area contributed by atoms with Gasteiger partial charge in [-0.2, -0.15) is 0 Å². The van der Waals surface area contributed by atoms with E-state index < -0.39 is 0 Å². The second-order valence-electron chi connectivity index (χ2n) is 0.236. The van der Waals surface area contributed by atoms with Crippen molar-refractivity contribution < 1.29 is 4.79 Å². The zero-order valence-corrected chi connectivity index (χ0v) is 3.21. The molecule has 0 heterocycles. The number of carbonyl (C=O) groups is 1. The molecular weight excluding hydrogens is 98.5 g/mol. The molecule has 0 saturated carbocycles. The zero-order valence-electron chi connectivity index (χ0n) is 2.39. The molecule has 0 fully saturated rings. The van der Waals surface area contributed by atoms with Gasteiger partial charge in [0.15, 0.2) is 0 Å². The van der Waals surface area contributed by atoms with Crippen LogP contribution in [0.4, 0.5) is 0 Å². The molecule has 0 saturated heterocycles. The van der Waals surface area contributed by atoms with E-state index in [1.807, 2.05) is 0 Å². The number of hydrogen-bond acceptors (Lipinski definition) is 1. The predicted octanol–water partition coefficient (Wildman–Crippen LogP) is -0.0215. The van der Waals surface area contributed by atoms with E-state index in [1.165, 1.54) is 6.92 Å². The molecule has 1 nitrogen and oxygen atoms in total. The SMILES string of the molecule is CC=O.Cl.[NaH]. The summed E-state index contributed by atoms with van der Waals surface area (Å²) in [5.41, 5.74) is 0. The number of hydrogen-bond donors (Lipinski definition) is 0. The Morgan fingerprint density at radius 2 is 1.60 bits per heavy atom. The molecule has 28 valence electrons. The van der Waals surface area contributed by atoms with Gasteiger partial charge in [-0.15, -0.1) is 12.4 Å². The van der Waals surface area contributed by atoms with Crippen molar-refractivity contribution in [3.05, 3.63) is 0 Å². The van der Waals surface area contributed by atoms with Gasteiger partial charge >= 0.3 is 29.6 Å². The van der Waals surface area contributed by atoms with Gasteiger partial charge in [-0.1, -0.05) is 0 Å². The molecule has 0 unspecified atom stereocenters.